The number of carbonyl (C=O) groups excluding carboxylic acids is 1. The van der Waals surface area contributed by atoms with E-state index in [4.69, 9.17) is 9.84 Å². The van der Waals surface area contributed by atoms with Gasteiger partial charge in [0.1, 0.15) is 0 Å². The minimum absolute atomic E-state index is 0.250. The monoisotopic (exact) mass is 782 g/mol. The van der Waals surface area contributed by atoms with E-state index in [1.165, 1.54) is 24.1 Å². The van der Waals surface area contributed by atoms with E-state index in [0.717, 1.165) is 62.2 Å². The van der Waals surface area contributed by atoms with Crippen LogP contribution in [0.1, 0.15) is 143 Å². The summed E-state index contributed by atoms with van der Waals surface area (Å²) in [4.78, 5) is 17.7. The Morgan fingerprint density at radius 1 is 0.740 bits per heavy atom. The van der Waals surface area contributed by atoms with Gasteiger partial charge in [-0.2, -0.15) is 0 Å². The Balaban J connectivity index is 0. The van der Waals surface area contributed by atoms with E-state index in [2.05, 4.69) is 92.3 Å². The number of thiol groups is 1. The van der Waals surface area contributed by atoms with Crippen molar-refractivity contribution in [2.24, 2.45) is 5.92 Å². The fraction of sp³-hybridized carbons (Fsp3) is 0.537. The van der Waals surface area contributed by atoms with Gasteiger partial charge in [0.05, 0.1) is 14.0 Å². The number of benzene rings is 1. The number of hydrogen-bond donors (Lipinski definition) is 3. The second-order valence-electron chi connectivity index (χ2n) is 10.9. The maximum atomic E-state index is 12.1. The van der Waals surface area contributed by atoms with Crippen molar-refractivity contribution in [3.05, 3.63) is 52.4 Å². The second kappa shape index (κ2) is 30.0. The molecule has 9 heteroatoms. The molecule has 4 aromatic heterocycles. The Morgan fingerprint density at radius 3 is 1.66 bits per heavy atom. The Morgan fingerprint density at radius 2 is 1.20 bits per heavy atom. The van der Waals surface area contributed by atoms with Gasteiger partial charge in [-0.1, -0.05) is 102 Å². The lowest BCUT2D eigenvalue weighted by Gasteiger charge is -2.12. The molecule has 1 aromatic carbocycles. The van der Waals surface area contributed by atoms with Crippen LogP contribution < -0.4 is 0 Å². The van der Waals surface area contributed by atoms with Gasteiger partial charge in [-0.05, 0) is 62.6 Å². The van der Waals surface area contributed by atoms with Gasteiger partial charge in [-0.25, -0.2) is 0 Å². The van der Waals surface area contributed by atoms with Crippen molar-refractivity contribution in [2.45, 2.75) is 133 Å². The van der Waals surface area contributed by atoms with E-state index >= 15 is 0 Å². The molecule has 0 amide bonds. The third-order valence-electron chi connectivity index (χ3n) is 5.58. The molecule has 2 N–H and O–H groups in total. The first-order valence-corrected chi connectivity index (χ1v) is 22.0. The highest BCUT2D eigenvalue weighted by Gasteiger charge is 2.24. The van der Waals surface area contributed by atoms with Gasteiger partial charge in [-0.3, -0.25) is 4.79 Å². The molecule has 0 aliphatic carbocycles. The summed E-state index contributed by atoms with van der Waals surface area (Å²) in [5.74, 6) is 0.590. The van der Waals surface area contributed by atoms with Gasteiger partial charge < -0.3 is 14.9 Å². The predicted octanol–water partition coefficient (Wildman–Crippen LogP) is 15.2. The average Bonchev–Trinajstić information content (AvgIpc) is 3.88. The smallest absolute Gasteiger partial charge is 0.183 e. The predicted molar refractivity (Wildman–Crippen MR) is 235 cm³/mol. The fourth-order valence-corrected chi connectivity index (χ4v) is 9.18. The largest absolute Gasteiger partial charge is 0.397 e. The van der Waals surface area contributed by atoms with Crippen LogP contribution in [0.3, 0.4) is 0 Å². The standard InChI is InChI=1S/C26H24O3S5.3C3H8.C2H6O.2C2H6/c1-4-29-26(28)23-16-11-20-15(17(12-27)24(33-20)18-7-8-22(30)32-18)10-21(16)34-25(23)19-6-5-14(31-19)9-13(2)3;3*1-3-2;1-2-3;2*1-2/h5-8,10-13,26,28,30H,4,9H2,1-3H3;3*3H2,1-2H3;3H,2H2,1H3;2*1-2H3. The van der Waals surface area contributed by atoms with Crippen molar-refractivity contribution in [3.8, 4) is 19.5 Å². The fourth-order valence-electron chi connectivity index (χ4n) is 4.16. The van der Waals surface area contributed by atoms with Gasteiger partial charge in [0.25, 0.3) is 0 Å². The van der Waals surface area contributed by atoms with Gasteiger partial charge in [-0.15, -0.1) is 58.0 Å². The Labute approximate surface area is 326 Å². The molecule has 0 spiro atoms. The molecule has 50 heavy (non-hydrogen) atoms. The van der Waals surface area contributed by atoms with Gasteiger partial charge in [0.2, 0.25) is 0 Å². The lowest BCUT2D eigenvalue weighted by Crippen LogP contribution is -2.03. The third kappa shape index (κ3) is 16.0. The molecule has 284 valence electrons. The van der Waals surface area contributed by atoms with Crippen LogP contribution in [0.4, 0.5) is 0 Å². The number of thiophene rings is 4. The van der Waals surface area contributed by atoms with E-state index < -0.39 is 6.29 Å². The van der Waals surface area contributed by atoms with Gasteiger partial charge >= 0.3 is 0 Å². The maximum absolute atomic E-state index is 12.1. The van der Waals surface area contributed by atoms with Crippen molar-refractivity contribution in [3.63, 3.8) is 0 Å². The molecule has 0 radical (unpaired) electrons. The number of carbonyl (C=O) groups is 1. The molecule has 5 rings (SSSR count). The summed E-state index contributed by atoms with van der Waals surface area (Å²) >= 11 is 11.1. The SMILES string of the molecule is CC.CC.CCC.CCC.CCC.CCO.CCOC(O)c1c(-c2ccc(CC(C)C)s2)sc2cc3c(C=O)c(-c4ccc(S)s4)sc3cc12. The van der Waals surface area contributed by atoms with Crippen LogP contribution in [0.5, 0.6) is 0 Å². The molecule has 1 atom stereocenters. The van der Waals surface area contributed by atoms with Crippen LogP contribution in [0.15, 0.2) is 40.6 Å². The number of aldehydes is 1. The first-order chi connectivity index (χ1) is 24.0. The number of hydrogen-bond acceptors (Lipinski definition) is 9. The molecule has 1 unspecified atom stereocenters. The number of rotatable bonds is 8. The van der Waals surface area contributed by atoms with E-state index in [0.29, 0.717) is 18.1 Å². The van der Waals surface area contributed by atoms with Crippen molar-refractivity contribution in [2.75, 3.05) is 13.2 Å². The Hall–Kier alpha value is -1.56. The van der Waals surface area contributed by atoms with Crippen LogP contribution in [-0.2, 0) is 11.2 Å². The molecule has 0 saturated carbocycles. The summed E-state index contributed by atoms with van der Waals surface area (Å²) in [5.41, 5.74) is 1.53. The van der Waals surface area contributed by atoms with Crippen LogP contribution in [0, 0.1) is 5.92 Å². The van der Waals surface area contributed by atoms with Crippen LogP contribution in [0.25, 0.3) is 39.7 Å². The maximum Gasteiger partial charge on any atom is 0.183 e. The van der Waals surface area contributed by atoms with Gasteiger partial charge in [0, 0.05) is 59.1 Å². The normalized spacial score (nSPS) is 10.4. The van der Waals surface area contributed by atoms with E-state index in [-0.39, 0.29) is 6.61 Å². The Kier molecular flexibility index (Phi) is 30.3. The molecule has 0 saturated heterocycles. The van der Waals surface area contributed by atoms with E-state index in [1.807, 2.05) is 46.8 Å². The highest BCUT2D eigenvalue weighted by atomic mass is 32.2. The Bertz CT molecular complexity index is 1550. The number of fused-ring (bicyclic) bond motifs is 2. The number of ether oxygens (including phenoxy) is 1. The average molecular weight is 783 g/mol. The first-order valence-electron chi connectivity index (χ1n) is 18.3. The molecule has 0 aliphatic heterocycles. The van der Waals surface area contributed by atoms with Crippen molar-refractivity contribution in [1.82, 2.24) is 0 Å². The molecule has 5 aromatic rings. The molecular weight excluding hydrogens is 717 g/mol. The van der Waals surface area contributed by atoms with E-state index in [9.17, 15) is 9.90 Å². The van der Waals surface area contributed by atoms with Crippen molar-refractivity contribution in [1.29, 1.82) is 0 Å². The molecule has 0 bridgehead atoms. The first kappa shape index (κ1) is 50.5. The molecule has 0 aliphatic rings. The second-order valence-corrected chi connectivity index (χ2v) is 16.0. The summed E-state index contributed by atoms with van der Waals surface area (Å²) < 4.78 is 8.66. The number of aliphatic hydroxyl groups is 2. The van der Waals surface area contributed by atoms with E-state index in [1.54, 1.807) is 52.3 Å². The zero-order valence-electron chi connectivity index (χ0n) is 33.2. The molecule has 4 nitrogen and oxygen atoms in total. The van der Waals surface area contributed by atoms with Crippen molar-refractivity contribution < 1.29 is 19.7 Å². The summed E-state index contributed by atoms with van der Waals surface area (Å²) in [6, 6.07) is 12.5. The minimum atomic E-state index is -1.00. The van der Waals surface area contributed by atoms with Crippen LogP contribution in [0.2, 0.25) is 0 Å². The number of aliphatic hydroxyl groups excluding tert-OH is 2. The quantitative estimate of drug-likeness (QED) is 0.0833. The zero-order valence-corrected chi connectivity index (χ0v) is 37.4. The summed E-state index contributed by atoms with van der Waals surface area (Å²) in [6.45, 7) is 29.4. The molecule has 4 heterocycles. The lowest BCUT2D eigenvalue weighted by molar-refractivity contribution is -0.0964. The topological polar surface area (TPSA) is 66.8 Å². The van der Waals surface area contributed by atoms with Crippen LogP contribution in [-0.4, -0.2) is 29.7 Å². The van der Waals surface area contributed by atoms with Crippen molar-refractivity contribution >= 4 is 84.4 Å². The van der Waals surface area contributed by atoms with Crippen LogP contribution >= 0.6 is 58.0 Å². The third-order valence-corrected chi connectivity index (χ3v) is 10.7. The highest BCUT2D eigenvalue weighted by molar-refractivity contribution is 7.83. The highest BCUT2D eigenvalue weighted by Crippen LogP contribution is 2.49. The zero-order chi connectivity index (χ0) is 38.8. The lowest BCUT2D eigenvalue weighted by atomic mass is 10.1. The van der Waals surface area contributed by atoms with Gasteiger partial charge in [0.15, 0.2) is 12.6 Å². The summed E-state index contributed by atoms with van der Waals surface area (Å²) in [7, 11) is 0. The molecular formula is C41H66O4S5. The molecule has 0 fully saturated rings. The summed E-state index contributed by atoms with van der Waals surface area (Å²) in [5, 5.41) is 20.5. The summed E-state index contributed by atoms with van der Waals surface area (Å²) in [6.07, 6.45) is 4.74. The minimum Gasteiger partial charge on any atom is -0.397 e.